The third kappa shape index (κ3) is 4.46. The minimum atomic E-state index is -3.14. The summed E-state index contributed by atoms with van der Waals surface area (Å²) in [6.45, 7) is 5.39. The predicted molar refractivity (Wildman–Crippen MR) is 102 cm³/mol. The zero-order valence-corrected chi connectivity index (χ0v) is 17.0. The quantitative estimate of drug-likeness (QED) is 0.728. The monoisotopic (exact) mass is 408 g/mol. The lowest BCUT2D eigenvalue weighted by atomic mass is 10.0. The van der Waals surface area contributed by atoms with Crippen molar-refractivity contribution < 1.29 is 27.2 Å². The second kappa shape index (κ2) is 7.46. The van der Waals surface area contributed by atoms with Gasteiger partial charge in [0.25, 0.3) is 5.91 Å². The molecule has 152 valence electrons. The smallest absolute Gasteiger partial charge is 0.340 e. The van der Waals surface area contributed by atoms with E-state index in [9.17, 15) is 18.0 Å². The van der Waals surface area contributed by atoms with Crippen LogP contribution in [0.15, 0.2) is 28.9 Å². The van der Waals surface area contributed by atoms with E-state index in [1.54, 1.807) is 32.2 Å². The summed E-state index contributed by atoms with van der Waals surface area (Å²) in [6.07, 6.45) is 1.94. The van der Waals surface area contributed by atoms with Crippen molar-refractivity contribution in [2.45, 2.75) is 39.3 Å². The number of carbonyl (C=O) groups excluding carboxylic acids is 2. The van der Waals surface area contributed by atoms with Crippen LogP contribution in [-0.2, 0) is 25.9 Å². The Balaban J connectivity index is 1.60. The maximum absolute atomic E-state index is 12.4. The van der Waals surface area contributed by atoms with Gasteiger partial charge in [0.15, 0.2) is 16.4 Å². The van der Waals surface area contributed by atoms with E-state index in [1.165, 1.54) is 0 Å². The van der Waals surface area contributed by atoms with Gasteiger partial charge in [0.05, 0.1) is 35.4 Å². The number of carbonyl (C=O) groups is 2. The van der Waals surface area contributed by atoms with Gasteiger partial charge >= 0.3 is 5.97 Å². The lowest BCUT2D eigenvalue weighted by Crippen LogP contribution is -2.48. The number of aromatic nitrogens is 1. The Bertz CT molecular complexity index is 990. The van der Waals surface area contributed by atoms with Gasteiger partial charge in [-0.05, 0) is 45.4 Å². The van der Waals surface area contributed by atoms with Crippen LogP contribution in [0.2, 0.25) is 0 Å². The van der Waals surface area contributed by atoms with Crippen LogP contribution in [0.25, 0.3) is 0 Å². The molecule has 0 aromatic carbocycles. The van der Waals surface area contributed by atoms with Gasteiger partial charge in [-0.1, -0.05) is 0 Å². The molecular weight excluding hydrogens is 384 g/mol. The van der Waals surface area contributed by atoms with Crippen molar-refractivity contribution in [2.24, 2.45) is 0 Å². The largest absolute Gasteiger partial charge is 0.467 e. The van der Waals surface area contributed by atoms with Crippen LogP contribution in [0.5, 0.6) is 0 Å². The molecule has 0 saturated carbocycles. The Labute approximate surface area is 163 Å². The van der Waals surface area contributed by atoms with E-state index in [0.29, 0.717) is 24.2 Å². The number of hydrogen-bond donors (Lipinski definition) is 1. The Kier molecular flexibility index (Phi) is 5.38. The van der Waals surface area contributed by atoms with Crippen LogP contribution < -0.4 is 5.32 Å². The first kappa shape index (κ1) is 20.2. The number of rotatable bonds is 6. The first-order valence-corrected chi connectivity index (χ1v) is 10.8. The number of aryl methyl sites for hydroxylation is 1. The summed E-state index contributed by atoms with van der Waals surface area (Å²) >= 11 is 0. The molecule has 8 nitrogen and oxygen atoms in total. The van der Waals surface area contributed by atoms with Gasteiger partial charge in [-0.25, -0.2) is 13.2 Å². The highest BCUT2D eigenvalue weighted by atomic mass is 32.2. The lowest BCUT2D eigenvalue weighted by molar-refractivity contribution is -0.125. The Morgan fingerprint density at radius 1 is 1.36 bits per heavy atom. The van der Waals surface area contributed by atoms with Gasteiger partial charge in [0, 0.05) is 11.4 Å². The molecule has 3 rings (SSSR count). The maximum Gasteiger partial charge on any atom is 0.340 e. The highest BCUT2D eigenvalue weighted by Gasteiger charge is 2.39. The van der Waals surface area contributed by atoms with Crippen molar-refractivity contribution in [3.63, 3.8) is 0 Å². The van der Waals surface area contributed by atoms with Crippen molar-refractivity contribution in [3.05, 3.63) is 47.2 Å². The summed E-state index contributed by atoms with van der Waals surface area (Å²) in [5, 5.41) is 2.67. The number of ether oxygens (including phenoxy) is 1. The molecule has 0 aliphatic carbocycles. The molecule has 2 aromatic heterocycles. The molecule has 0 unspecified atom stereocenters. The fourth-order valence-electron chi connectivity index (χ4n) is 3.50. The molecule has 1 aliphatic heterocycles. The highest BCUT2D eigenvalue weighted by Crippen LogP contribution is 2.23. The summed E-state index contributed by atoms with van der Waals surface area (Å²) < 4.78 is 35.7. The van der Waals surface area contributed by atoms with Crippen LogP contribution in [0.3, 0.4) is 0 Å². The Hall–Kier alpha value is -2.55. The van der Waals surface area contributed by atoms with Gasteiger partial charge in [-0.3, -0.25) is 4.79 Å². The normalized spacial score (nSPS) is 20.8. The van der Waals surface area contributed by atoms with E-state index >= 15 is 0 Å². The third-order valence-corrected chi connectivity index (χ3v) is 6.87. The molecule has 2 aromatic rings. The number of nitrogens with one attached hydrogen (secondary N) is 1. The number of amides is 1. The fraction of sp³-hybridized carbons (Fsp3) is 0.474. The summed E-state index contributed by atoms with van der Waals surface area (Å²) in [5.41, 5.74) is 1.15. The molecule has 1 N–H and O–H groups in total. The van der Waals surface area contributed by atoms with Crippen molar-refractivity contribution in [1.29, 1.82) is 0 Å². The van der Waals surface area contributed by atoms with Crippen molar-refractivity contribution in [2.75, 3.05) is 18.1 Å². The summed E-state index contributed by atoms with van der Waals surface area (Å²) in [5.74, 6) is -0.407. The molecule has 3 heterocycles. The molecule has 28 heavy (non-hydrogen) atoms. The second-order valence-electron chi connectivity index (χ2n) is 7.48. The van der Waals surface area contributed by atoms with E-state index in [4.69, 9.17) is 9.15 Å². The average Bonchev–Trinajstić information content (AvgIpc) is 3.28. The topological polar surface area (TPSA) is 108 Å². The van der Waals surface area contributed by atoms with Crippen LogP contribution in [0, 0.1) is 13.8 Å². The van der Waals surface area contributed by atoms with E-state index in [1.807, 2.05) is 17.6 Å². The molecular formula is C19H24N2O6S. The summed E-state index contributed by atoms with van der Waals surface area (Å²) in [7, 11) is -3.14. The van der Waals surface area contributed by atoms with Gasteiger partial charge < -0.3 is 19.0 Å². The molecule has 1 amide bonds. The number of furan rings is 1. The Morgan fingerprint density at radius 3 is 2.71 bits per heavy atom. The first-order valence-electron chi connectivity index (χ1n) is 8.96. The molecule has 0 spiro atoms. The molecule has 0 radical (unpaired) electrons. The summed E-state index contributed by atoms with van der Waals surface area (Å²) in [6, 6.07) is 5.36. The zero-order valence-electron chi connectivity index (χ0n) is 16.1. The number of hydrogen-bond acceptors (Lipinski definition) is 6. The standard InChI is InChI=1S/C19H24N2O6S/c1-13-9-16(14(2)21(13)10-15-5-4-7-26-15)18(23)27-11-17(22)20-19(3)6-8-28(24,25)12-19/h4-5,7,9H,6,8,10-12H2,1-3H3,(H,20,22)/t19-/m0/s1. The van der Waals surface area contributed by atoms with E-state index in [2.05, 4.69) is 5.32 Å². The molecule has 1 saturated heterocycles. The highest BCUT2D eigenvalue weighted by molar-refractivity contribution is 7.91. The van der Waals surface area contributed by atoms with Crippen molar-refractivity contribution in [1.82, 2.24) is 9.88 Å². The van der Waals surface area contributed by atoms with E-state index in [-0.39, 0.29) is 11.5 Å². The minimum Gasteiger partial charge on any atom is -0.467 e. The zero-order chi connectivity index (χ0) is 20.5. The molecule has 1 fully saturated rings. The Morgan fingerprint density at radius 2 is 2.11 bits per heavy atom. The van der Waals surface area contributed by atoms with Crippen molar-refractivity contribution >= 4 is 21.7 Å². The molecule has 9 heteroatoms. The lowest BCUT2D eigenvalue weighted by Gasteiger charge is -2.23. The number of sulfone groups is 1. The third-order valence-electron chi connectivity index (χ3n) is 4.97. The first-order chi connectivity index (χ1) is 13.1. The SMILES string of the molecule is Cc1cc(C(=O)OCC(=O)N[C@@]2(C)CCS(=O)(=O)C2)c(C)n1Cc1ccco1. The molecule has 1 aliphatic rings. The fourth-order valence-corrected chi connectivity index (χ4v) is 5.59. The average molecular weight is 408 g/mol. The van der Waals surface area contributed by atoms with Crippen LogP contribution >= 0.6 is 0 Å². The molecule has 1 atom stereocenters. The number of esters is 1. The van der Waals surface area contributed by atoms with Crippen molar-refractivity contribution in [3.8, 4) is 0 Å². The second-order valence-corrected chi connectivity index (χ2v) is 9.66. The minimum absolute atomic E-state index is 0.0468. The van der Waals surface area contributed by atoms with Crippen LogP contribution in [0.1, 0.15) is 40.9 Å². The molecule has 0 bridgehead atoms. The van der Waals surface area contributed by atoms with Crippen LogP contribution in [0.4, 0.5) is 0 Å². The maximum atomic E-state index is 12.4. The van der Waals surface area contributed by atoms with Gasteiger partial charge in [-0.15, -0.1) is 0 Å². The van der Waals surface area contributed by atoms with Crippen LogP contribution in [-0.4, -0.2) is 48.5 Å². The van der Waals surface area contributed by atoms with Gasteiger partial charge in [-0.2, -0.15) is 0 Å². The van der Waals surface area contributed by atoms with Gasteiger partial charge in [0.2, 0.25) is 0 Å². The van der Waals surface area contributed by atoms with E-state index < -0.39 is 33.9 Å². The van der Waals surface area contributed by atoms with Gasteiger partial charge in [0.1, 0.15) is 5.76 Å². The predicted octanol–water partition coefficient (Wildman–Crippen LogP) is 1.60. The van der Waals surface area contributed by atoms with E-state index in [0.717, 1.165) is 11.5 Å². The summed E-state index contributed by atoms with van der Waals surface area (Å²) in [4.78, 5) is 24.5. The number of nitrogens with zero attached hydrogens (tertiary/aromatic N) is 1.